The molecule has 2 heterocycles. The van der Waals surface area contributed by atoms with E-state index < -0.39 is 0 Å². The largest absolute Gasteiger partial charge is 0.354 e. The molecule has 0 saturated heterocycles. The van der Waals surface area contributed by atoms with Gasteiger partial charge in [0.05, 0.1) is 5.69 Å². The lowest BCUT2D eigenvalue weighted by atomic mass is 9.96. The van der Waals surface area contributed by atoms with Crippen LogP contribution in [0.2, 0.25) is 0 Å². The average molecular weight is 235 g/mol. The molecule has 1 aromatic rings. The number of rotatable bonds is 2. The fourth-order valence-electron chi connectivity index (χ4n) is 2.48. The number of carbonyl (C=O) groups is 1. The third-order valence-electron chi connectivity index (χ3n) is 3.45. The molecular weight excluding hydrogens is 214 g/mol. The van der Waals surface area contributed by atoms with Gasteiger partial charge in [0.1, 0.15) is 11.5 Å². The zero-order valence-corrected chi connectivity index (χ0v) is 11.1. The van der Waals surface area contributed by atoms with E-state index in [1.54, 1.807) is 7.05 Å². The van der Waals surface area contributed by atoms with Gasteiger partial charge in [-0.15, -0.1) is 0 Å². The van der Waals surface area contributed by atoms with Gasteiger partial charge < -0.3 is 9.88 Å². The van der Waals surface area contributed by atoms with Gasteiger partial charge in [0.25, 0.3) is 5.91 Å². The summed E-state index contributed by atoms with van der Waals surface area (Å²) in [4.78, 5) is 16.4. The maximum atomic E-state index is 11.8. The number of carbonyl (C=O) groups excluding carboxylic acids is 1. The lowest BCUT2D eigenvalue weighted by Crippen LogP contribution is -2.24. The van der Waals surface area contributed by atoms with Crippen LogP contribution in [0.3, 0.4) is 0 Å². The number of fused-ring (bicyclic) bond motifs is 1. The van der Waals surface area contributed by atoms with Gasteiger partial charge >= 0.3 is 0 Å². The van der Waals surface area contributed by atoms with Crippen LogP contribution in [0.5, 0.6) is 0 Å². The molecule has 1 atom stereocenters. The predicted molar refractivity (Wildman–Crippen MR) is 67.2 cm³/mol. The molecule has 2 rings (SSSR count). The van der Waals surface area contributed by atoms with Gasteiger partial charge in [-0.25, -0.2) is 4.98 Å². The Balaban J connectivity index is 2.50. The maximum Gasteiger partial charge on any atom is 0.271 e. The molecule has 1 aliphatic rings. The Hall–Kier alpha value is -1.32. The first kappa shape index (κ1) is 12.1. The molecule has 0 fully saturated rings. The summed E-state index contributed by atoms with van der Waals surface area (Å²) < 4.78 is 2.25. The second kappa shape index (κ2) is 4.51. The van der Waals surface area contributed by atoms with Crippen molar-refractivity contribution in [1.82, 2.24) is 14.9 Å². The topological polar surface area (TPSA) is 46.9 Å². The van der Waals surface area contributed by atoms with Gasteiger partial charge in [-0.1, -0.05) is 20.8 Å². The molecule has 1 N–H and O–H groups in total. The third-order valence-corrected chi connectivity index (χ3v) is 3.45. The Morgan fingerprint density at radius 3 is 2.82 bits per heavy atom. The van der Waals surface area contributed by atoms with Crippen LogP contribution in [0.1, 0.15) is 55.1 Å². The Bertz CT molecular complexity index is 434. The van der Waals surface area contributed by atoms with Crippen LogP contribution in [0.15, 0.2) is 0 Å². The van der Waals surface area contributed by atoms with Crippen LogP contribution < -0.4 is 5.32 Å². The standard InChI is InChI=1S/C13H21N3O/c1-8(2)12-15-11(13(17)14-4)10-7-9(3)5-6-16(10)12/h8-9H,5-7H2,1-4H3,(H,14,17). The van der Waals surface area contributed by atoms with Crippen molar-refractivity contribution >= 4 is 5.91 Å². The molecule has 1 unspecified atom stereocenters. The summed E-state index contributed by atoms with van der Waals surface area (Å²) in [6.07, 6.45) is 2.14. The lowest BCUT2D eigenvalue weighted by Gasteiger charge is -2.23. The summed E-state index contributed by atoms with van der Waals surface area (Å²) in [5.74, 6) is 1.99. The zero-order chi connectivity index (χ0) is 12.6. The number of imidazole rings is 1. The molecular formula is C13H21N3O. The van der Waals surface area contributed by atoms with Crippen molar-refractivity contribution in [3.8, 4) is 0 Å². The highest BCUT2D eigenvalue weighted by Gasteiger charge is 2.27. The van der Waals surface area contributed by atoms with Crippen LogP contribution >= 0.6 is 0 Å². The van der Waals surface area contributed by atoms with Crippen LogP contribution in [-0.4, -0.2) is 22.5 Å². The summed E-state index contributed by atoms with van der Waals surface area (Å²) in [6.45, 7) is 7.48. The Kier molecular flexibility index (Phi) is 3.22. The van der Waals surface area contributed by atoms with Crippen molar-refractivity contribution in [2.45, 2.75) is 46.1 Å². The molecule has 1 aliphatic heterocycles. The van der Waals surface area contributed by atoms with Gasteiger partial charge in [-0.2, -0.15) is 0 Å². The lowest BCUT2D eigenvalue weighted by molar-refractivity contribution is 0.0957. The molecule has 0 aliphatic carbocycles. The number of nitrogens with zero attached hydrogens (tertiary/aromatic N) is 2. The van der Waals surface area contributed by atoms with E-state index in [0.29, 0.717) is 17.5 Å². The fraction of sp³-hybridized carbons (Fsp3) is 0.692. The fourth-order valence-corrected chi connectivity index (χ4v) is 2.48. The second-order valence-electron chi connectivity index (χ2n) is 5.25. The molecule has 0 bridgehead atoms. The number of nitrogens with one attached hydrogen (secondary N) is 1. The number of hydrogen-bond donors (Lipinski definition) is 1. The van der Waals surface area contributed by atoms with Gasteiger partial charge in [0.15, 0.2) is 0 Å². The normalized spacial score (nSPS) is 19.2. The van der Waals surface area contributed by atoms with Crippen LogP contribution in [-0.2, 0) is 13.0 Å². The second-order valence-corrected chi connectivity index (χ2v) is 5.25. The van der Waals surface area contributed by atoms with Crippen molar-refractivity contribution in [1.29, 1.82) is 0 Å². The molecule has 94 valence electrons. The van der Waals surface area contributed by atoms with E-state index in [1.165, 1.54) is 6.42 Å². The molecule has 0 spiro atoms. The SMILES string of the molecule is CNC(=O)c1nc(C(C)C)n2c1CC(C)CC2. The van der Waals surface area contributed by atoms with E-state index in [1.807, 2.05) is 0 Å². The molecule has 0 saturated carbocycles. The highest BCUT2D eigenvalue weighted by Crippen LogP contribution is 2.27. The third kappa shape index (κ3) is 2.08. The summed E-state index contributed by atoms with van der Waals surface area (Å²) in [7, 11) is 1.66. The molecule has 4 nitrogen and oxygen atoms in total. The van der Waals surface area contributed by atoms with Crippen LogP contribution in [0.25, 0.3) is 0 Å². The summed E-state index contributed by atoms with van der Waals surface area (Å²) in [5.41, 5.74) is 1.74. The van der Waals surface area contributed by atoms with E-state index in [2.05, 4.69) is 35.6 Å². The summed E-state index contributed by atoms with van der Waals surface area (Å²) >= 11 is 0. The Morgan fingerprint density at radius 1 is 1.53 bits per heavy atom. The van der Waals surface area contributed by atoms with Gasteiger partial charge in [0, 0.05) is 19.5 Å². The van der Waals surface area contributed by atoms with Gasteiger partial charge in [-0.3, -0.25) is 4.79 Å². The first-order valence-electron chi connectivity index (χ1n) is 6.36. The van der Waals surface area contributed by atoms with Crippen molar-refractivity contribution < 1.29 is 4.79 Å². The van der Waals surface area contributed by atoms with Gasteiger partial charge in [-0.05, 0) is 18.8 Å². The number of amides is 1. The summed E-state index contributed by atoms with van der Waals surface area (Å²) in [5, 5.41) is 2.68. The van der Waals surface area contributed by atoms with Crippen LogP contribution in [0.4, 0.5) is 0 Å². The van der Waals surface area contributed by atoms with Crippen molar-refractivity contribution in [3.05, 3.63) is 17.2 Å². The molecule has 0 radical (unpaired) electrons. The van der Waals surface area contributed by atoms with E-state index in [4.69, 9.17) is 0 Å². The summed E-state index contributed by atoms with van der Waals surface area (Å²) in [6, 6.07) is 0. The first-order chi connectivity index (χ1) is 8.04. The zero-order valence-electron chi connectivity index (χ0n) is 11.1. The van der Waals surface area contributed by atoms with Gasteiger partial charge in [0.2, 0.25) is 0 Å². The van der Waals surface area contributed by atoms with Crippen LogP contribution in [0, 0.1) is 5.92 Å². The van der Waals surface area contributed by atoms with Crippen molar-refractivity contribution in [3.63, 3.8) is 0 Å². The minimum atomic E-state index is -0.0604. The molecule has 17 heavy (non-hydrogen) atoms. The molecule has 1 amide bonds. The number of aromatic nitrogens is 2. The smallest absolute Gasteiger partial charge is 0.271 e. The number of hydrogen-bond acceptors (Lipinski definition) is 2. The highest BCUT2D eigenvalue weighted by atomic mass is 16.1. The van der Waals surface area contributed by atoms with E-state index in [0.717, 1.165) is 24.5 Å². The monoisotopic (exact) mass is 235 g/mol. The molecule has 0 aromatic carbocycles. The quantitative estimate of drug-likeness (QED) is 0.851. The minimum Gasteiger partial charge on any atom is -0.354 e. The van der Waals surface area contributed by atoms with Crippen molar-refractivity contribution in [2.75, 3.05) is 7.05 Å². The van der Waals surface area contributed by atoms with E-state index >= 15 is 0 Å². The molecule has 4 heteroatoms. The first-order valence-corrected chi connectivity index (χ1v) is 6.36. The maximum absolute atomic E-state index is 11.8. The predicted octanol–water partition coefficient (Wildman–Crippen LogP) is 1.95. The van der Waals surface area contributed by atoms with Crippen molar-refractivity contribution in [2.24, 2.45) is 5.92 Å². The Labute approximate surface area is 102 Å². The highest BCUT2D eigenvalue weighted by molar-refractivity contribution is 5.93. The van der Waals surface area contributed by atoms with E-state index in [9.17, 15) is 4.79 Å². The average Bonchev–Trinajstić information content (AvgIpc) is 2.66. The van der Waals surface area contributed by atoms with E-state index in [-0.39, 0.29) is 5.91 Å². The Morgan fingerprint density at radius 2 is 2.24 bits per heavy atom. The minimum absolute atomic E-state index is 0.0604. The molecule has 1 aromatic heterocycles.